The smallest absolute Gasteiger partial charge is 0.306 e. The molecule has 0 fully saturated rings. The van der Waals surface area contributed by atoms with Crippen LogP contribution in [-0.2, 0) is 14.3 Å². The molecule has 208 valence electrons. The Morgan fingerprint density at radius 1 is 1.22 bits per heavy atom. The molecule has 0 bridgehead atoms. The summed E-state index contributed by atoms with van der Waals surface area (Å²) in [4.78, 5) is 33.8. The number of hydrogen-bond acceptors (Lipinski definition) is 7. The third-order valence-corrected chi connectivity index (χ3v) is 5.69. The zero-order valence-corrected chi connectivity index (χ0v) is 22.9. The maximum atomic E-state index is 14.1. The number of nitrogens with zero attached hydrogens (tertiary/aromatic N) is 1. The van der Waals surface area contributed by atoms with Crippen LogP contribution in [0, 0.1) is 18.7 Å². The van der Waals surface area contributed by atoms with E-state index in [4.69, 9.17) is 27.0 Å². The minimum atomic E-state index is -0.711. The molecule has 2 rings (SSSR count). The van der Waals surface area contributed by atoms with Crippen LogP contribution in [-0.4, -0.2) is 48.3 Å². The molecule has 37 heavy (non-hydrogen) atoms. The van der Waals surface area contributed by atoms with Gasteiger partial charge in [-0.1, -0.05) is 42.6 Å². The number of benzene rings is 1. The van der Waals surface area contributed by atoms with Crippen LogP contribution in [0.15, 0.2) is 22.7 Å². The highest BCUT2D eigenvalue weighted by Crippen LogP contribution is 2.33. The number of carbonyl (C=O) groups excluding carboxylic acids is 2. The molecule has 0 radical (unpaired) electrons. The highest BCUT2D eigenvalue weighted by molar-refractivity contribution is 6.33. The van der Waals surface area contributed by atoms with Crippen molar-refractivity contribution in [1.82, 2.24) is 10.5 Å². The van der Waals surface area contributed by atoms with Crippen molar-refractivity contribution in [2.45, 2.75) is 58.8 Å². The first-order chi connectivity index (χ1) is 17.1. The average molecular weight is 564 g/mol. The number of carboxylic acids is 1. The molecule has 9 nitrogen and oxygen atoms in total. The quantitative estimate of drug-likeness (QED) is 0.223. The summed E-state index contributed by atoms with van der Waals surface area (Å²) in [5.74, 6) is -1.89. The Hall–Kier alpha value is -2.69. The minimum Gasteiger partial charge on any atom is -0.481 e. The van der Waals surface area contributed by atoms with Crippen molar-refractivity contribution in [2.24, 2.45) is 11.7 Å². The highest BCUT2D eigenvalue weighted by atomic mass is 35.5. The van der Waals surface area contributed by atoms with E-state index in [1.165, 1.54) is 25.3 Å². The molecule has 12 heteroatoms. The number of amides is 1. The van der Waals surface area contributed by atoms with Crippen molar-refractivity contribution >= 4 is 41.9 Å². The van der Waals surface area contributed by atoms with Gasteiger partial charge in [-0.15, -0.1) is 12.4 Å². The molecule has 2 aromatic rings. The lowest BCUT2D eigenvalue weighted by Gasteiger charge is -2.07. The predicted molar refractivity (Wildman–Crippen MR) is 141 cm³/mol. The number of aryl methyl sites for hydroxylation is 1. The molecule has 1 unspecified atom stereocenters. The van der Waals surface area contributed by atoms with Crippen LogP contribution in [0.2, 0.25) is 5.02 Å². The lowest BCUT2D eigenvalue weighted by Crippen LogP contribution is -2.25. The minimum absolute atomic E-state index is 0. The molecule has 0 saturated carbocycles. The molecule has 1 heterocycles. The third kappa shape index (κ3) is 11.9. The number of unbranched alkanes of at least 4 members (excludes halogenated alkanes) is 3. The Balaban J connectivity index is 0.00000100. The number of carboxylic acid groups (broad SMARTS) is 1. The molecule has 1 aromatic heterocycles. The zero-order chi connectivity index (χ0) is 27.1. The van der Waals surface area contributed by atoms with Gasteiger partial charge in [0, 0.05) is 13.0 Å². The number of nitrogens with one attached hydrogen (secondary N) is 1. The molecule has 1 atom stereocenters. The summed E-state index contributed by atoms with van der Waals surface area (Å²) in [6, 6.07) is 4.24. The van der Waals surface area contributed by atoms with E-state index in [1.807, 2.05) is 0 Å². The van der Waals surface area contributed by atoms with E-state index < -0.39 is 17.7 Å². The number of rotatable bonds is 13. The summed E-state index contributed by atoms with van der Waals surface area (Å²) >= 11 is 6.06. The van der Waals surface area contributed by atoms with E-state index in [9.17, 15) is 18.8 Å². The molecule has 0 spiro atoms. The van der Waals surface area contributed by atoms with Gasteiger partial charge in [0.05, 0.1) is 23.6 Å². The molecule has 1 aromatic carbocycles. The molecule has 0 aliphatic heterocycles. The summed E-state index contributed by atoms with van der Waals surface area (Å²) in [6.07, 6.45) is 5.09. The second kappa shape index (κ2) is 18.5. The van der Waals surface area contributed by atoms with Crippen LogP contribution in [0.5, 0.6) is 0 Å². The van der Waals surface area contributed by atoms with Gasteiger partial charge in [-0.2, -0.15) is 0 Å². The third-order valence-electron chi connectivity index (χ3n) is 5.37. The van der Waals surface area contributed by atoms with E-state index in [0.29, 0.717) is 32.4 Å². The topological polar surface area (TPSA) is 145 Å². The second-order valence-electron chi connectivity index (χ2n) is 8.23. The summed E-state index contributed by atoms with van der Waals surface area (Å²) in [7, 11) is 1.35. The van der Waals surface area contributed by atoms with Gasteiger partial charge in [-0.3, -0.25) is 14.4 Å². The van der Waals surface area contributed by atoms with Crippen LogP contribution >= 0.6 is 24.0 Å². The van der Waals surface area contributed by atoms with Gasteiger partial charge in [-0.25, -0.2) is 4.39 Å². The standard InChI is InChI=1S/C18H20ClFN2O4.C7H15NO2.ClH/c1-11-15(18(24)21-10-5-3-4-9-14(23)25-2)17(22-26-11)16-12(19)7-6-8-13(16)20;1-6(7(9)10)4-2-3-5-8;/h6-8H,3-5,9-10H2,1-2H3,(H,21,24);6H,2-5,8H2,1H3,(H,9,10);1H. The van der Waals surface area contributed by atoms with Crippen LogP contribution in [0.25, 0.3) is 11.3 Å². The van der Waals surface area contributed by atoms with Gasteiger partial charge in [0.1, 0.15) is 22.8 Å². The molecular weight excluding hydrogens is 528 g/mol. The summed E-state index contributed by atoms with van der Waals surface area (Å²) in [5.41, 5.74) is 5.52. The van der Waals surface area contributed by atoms with Crippen molar-refractivity contribution in [3.05, 3.63) is 40.4 Å². The van der Waals surface area contributed by atoms with E-state index in [1.54, 1.807) is 13.8 Å². The van der Waals surface area contributed by atoms with E-state index in [-0.39, 0.29) is 51.9 Å². The monoisotopic (exact) mass is 563 g/mol. The molecular formula is C25H36Cl2FN3O6. The van der Waals surface area contributed by atoms with E-state index in [0.717, 1.165) is 25.7 Å². The van der Waals surface area contributed by atoms with Crippen molar-refractivity contribution in [1.29, 1.82) is 0 Å². The first-order valence-corrected chi connectivity index (χ1v) is 12.2. The predicted octanol–water partition coefficient (Wildman–Crippen LogP) is 5.16. The number of carbonyl (C=O) groups is 3. The Morgan fingerprint density at radius 3 is 2.51 bits per heavy atom. The van der Waals surface area contributed by atoms with Gasteiger partial charge < -0.3 is 25.4 Å². The van der Waals surface area contributed by atoms with Crippen LogP contribution < -0.4 is 11.1 Å². The summed E-state index contributed by atoms with van der Waals surface area (Å²) in [5, 5.41) is 15.2. The number of aromatic nitrogens is 1. The number of methoxy groups -OCH3 is 1. The van der Waals surface area contributed by atoms with Crippen molar-refractivity contribution < 1.29 is 33.1 Å². The lowest BCUT2D eigenvalue weighted by molar-refractivity contribution is -0.142. The second-order valence-corrected chi connectivity index (χ2v) is 8.63. The van der Waals surface area contributed by atoms with Gasteiger partial charge in [-0.05, 0) is 51.3 Å². The molecule has 4 N–H and O–H groups in total. The number of esters is 1. The fraction of sp³-hybridized carbons (Fsp3) is 0.520. The van der Waals surface area contributed by atoms with Crippen molar-refractivity contribution in [3.63, 3.8) is 0 Å². The normalized spacial score (nSPS) is 11.0. The first kappa shape index (κ1) is 34.3. The van der Waals surface area contributed by atoms with Gasteiger partial charge in [0.25, 0.3) is 5.91 Å². The fourth-order valence-corrected chi connectivity index (χ4v) is 3.47. The molecule has 0 aliphatic carbocycles. The van der Waals surface area contributed by atoms with Gasteiger partial charge in [0.15, 0.2) is 0 Å². The Morgan fingerprint density at radius 2 is 1.92 bits per heavy atom. The van der Waals surface area contributed by atoms with Crippen molar-refractivity contribution in [3.8, 4) is 11.3 Å². The largest absolute Gasteiger partial charge is 0.481 e. The number of hydrogen-bond donors (Lipinski definition) is 3. The van der Waals surface area contributed by atoms with E-state index in [2.05, 4.69) is 15.2 Å². The van der Waals surface area contributed by atoms with E-state index >= 15 is 0 Å². The number of halogens is 3. The Kier molecular flexibility index (Phi) is 17.2. The number of aliphatic carboxylic acids is 1. The molecule has 0 aliphatic rings. The zero-order valence-electron chi connectivity index (χ0n) is 21.4. The Bertz CT molecular complexity index is 983. The van der Waals surface area contributed by atoms with Gasteiger partial charge >= 0.3 is 11.9 Å². The SMILES string of the molecule is CC(CCCCN)C(=O)O.COC(=O)CCCCCNC(=O)c1c(-c2c(F)cccc2Cl)noc1C.Cl. The Labute approximate surface area is 227 Å². The lowest BCUT2D eigenvalue weighted by atomic mass is 10.0. The summed E-state index contributed by atoms with van der Waals surface area (Å²) in [6.45, 7) is 4.37. The van der Waals surface area contributed by atoms with Crippen molar-refractivity contribution in [2.75, 3.05) is 20.2 Å². The fourth-order valence-electron chi connectivity index (χ4n) is 3.22. The number of ether oxygens (including phenoxy) is 1. The first-order valence-electron chi connectivity index (χ1n) is 11.8. The maximum absolute atomic E-state index is 14.1. The average Bonchev–Trinajstić information content (AvgIpc) is 3.22. The van der Waals surface area contributed by atoms with Crippen LogP contribution in [0.4, 0.5) is 4.39 Å². The van der Waals surface area contributed by atoms with Gasteiger partial charge in [0.2, 0.25) is 0 Å². The molecule has 1 amide bonds. The number of nitrogens with two attached hydrogens (primary N) is 1. The van der Waals surface area contributed by atoms with Crippen LogP contribution in [0.1, 0.15) is 68.0 Å². The maximum Gasteiger partial charge on any atom is 0.306 e. The summed E-state index contributed by atoms with van der Waals surface area (Å²) < 4.78 is 23.8. The highest BCUT2D eigenvalue weighted by Gasteiger charge is 2.25. The van der Waals surface area contributed by atoms with Crippen LogP contribution in [0.3, 0.4) is 0 Å². The molecule has 0 saturated heterocycles.